The average Bonchev–Trinajstić information content (AvgIpc) is 3.21. The second-order valence-electron chi connectivity index (χ2n) is 6.39. The van der Waals surface area contributed by atoms with E-state index in [-0.39, 0.29) is 18.2 Å². The number of carbonyl (C=O) groups is 2. The lowest BCUT2D eigenvalue weighted by Gasteiger charge is -2.37. The highest BCUT2D eigenvalue weighted by Gasteiger charge is 2.35. The first-order chi connectivity index (χ1) is 12.7. The molecule has 1 aromatic heterocycles. The van der Waals surface area contributed by atoms with E-state index in [0.717, 1.165) is 23.8 Å². The zero-order chi connectivity index (χ0) is 18.1. The van der Waals surface area contributed by atoms with Crippen molar-refractivity contribution in [1.82, 2.24) is 9.88 Å². The van der Waals surface area contributed by atoms with E-state index in [0.29, 0.717) is 24.5 Å². The standard InChI is InChI=1S/C18H20N4O3S/c1-25-12-2-3-15-13(10-12)14(11-16(23)20-15)17(24)21-5-7-22(8-6-21)18-19-4-9-26-18/h2-4,9-10,14H,5-8,11H2,1H3,(H,20,23)/t14-/m1/s1. The third-order valence-electron chi connectivity index (χ3n) is 4.88. The summed E-state index contributed by atoms with van der Waals surface area (Å²) in [4.78, 5) is 33.6. The number of piperazine rings is 1. The normalized spacial score (nSPS) is 19.7. The summed E-state index contributed by atoms with van der Waals surface area (Å²) in [5.74, 6) is 0.113. The summed E-state index contributed by atoms with van der Waals surface area (Å²) >= 11 is 1.61. The highest BCUT2D eigenvalue weighted by atomic mass is 32.1. The van der Waals surface area contributed by atoms with E-state index in [1.54, 1.807) is 36.8 Å². The van der Waals surface area contributed by atoms with Gasteiger partial charge in [0, 0.05) is 49.9 Å². The lowest BCUT2D eigenvalue weighted by molar-refractivity contribution is -0.135. The van der Waals surface area contributed by atoms with Gasteiger partial charge >= 0.3 is 0 Å². The van der Waals surface area contributed by atoms with E-state index in [4.69, 9.17) is 4.74 Å². The summed E-state index contributed by atoms with van der Waals surface area (Å²) in [6.45, 7) is 2.78. The molecule has 2 amide bonds. The van der Waals surface area contributed by atoms with Crippen LogP contribution in [0.2, 0.25) is 0 Å². The first kappa shape index (κ1) is 16.8. The number of carbonyl (C=O) groups excluding carboxylic acids is 2. The van der Waals surface area contributed by atoms with E-state index < -0.39 is 5.92 Å². The summed E-state index contributed by atoms with van der Waals surface area (Å²) < 4.78 is 5.29. The third kappa shape index (κ3) is 3.12. The van der Waals surface area contributed by atoms with Gasteiger partial charge in [-0.05, 0) is 23.8 Å². The second kappa shape index (κ2) is 6.95. The Balaban J connectivity index is 1.51. The second-order valence-corrected chi connectivity index (χ2v) is 7.26. The summed E-state index contributed by atoms with van der Waals surface area (Å²) in [6, 6.07) is 5.44. The molecule has 2 aliphatic rings. The van der Waals surface area contributed by atoms with E-state index in [9.17, 15) is 9.59 Å². The van der Waals surface area contributed by atoms with Crippen LogP contribution in [0.5, 0.6) is 5.75 Å². The molecule has 1 N–H and O–H groups in total. The van der Waals surface area contributed by atoms with Gasteiger partial charge in [-0.15, -0.1) is 11.3 Å². The van der Waals surface area contributed by atoms with Gasteiger partial charge in [-0.2, -0.15) is 0 Å². The van der Waals surface area contributed by atoms with Crippen LogP contribution in [-0.2, 0) is 9.59 Å². The number of nitrogens with one attached hydrogen (secondary N) is 1. The molecule has 2 aromatic rings. The van der Waals surface area contributed by atoms with Crippen LogP contribution in [0.25, 0.3) is 0 Å². The Morgan fingerprint density at radius 2 is 2.12 bits per heavy atom. The van der Waals surface area contributed by atoms with Crippen LogP contribution < -0.4 is 15.0 Å². The van der Waals surface area contributed by atoms with Crippen molar-refractivity contribution in [1.29, 1.82) is 0 Å². The fourth-order valence-electron chi connectivity index (χ4n) is 3.50. The number of hydrogen-bond donors (Lipinski definition) is 1. The minimum absolute atomic E-state index is 0.00754. The van der Waals surface area contributed by atoms with E-state index in [1.807, 2.05) is 16.3 Å². The predicted octanol–water partition coefficient (Wildman–Crippen LogP) is 1.93. The van der Waals surface area contributed by atoms with Crippen molar-refractivity contribution in [3.05, 3.63) is 35.3 Å². The zero-order valence-corrected chi connectivity index (χ0v) is 15.3. The Kier molecular flexibility index (Phi) is 4.50. The van der Waals surface area contributed by atoms with Crippen LogP contribution in [0.3, 0.4) is 0 Å². The van der Waals surface area contributed by atoms with E-state index in [1.165, 1.54) is 0 Å². The predicted molar refractivity (Wildman–Crippen MR) is 99.9 cm³/mol. The van der Waals surface area contributed by atoms with Crippen LogP contribution in [0.4, 0.5) is 10.8 Å². The SMILES string of the molecule is COc1ccc2c(c1)[C@H](C(=O)N1CCN(c3nccs3)CC1)CC(=O)N2. The number of aromatic nitrogens is 1. The molecule has 2 aliphatic heterocycles. The molecule has 0 unspecified atom stereocenters. The first-order valence-corrected chi connectivity index (χ1v) is 9.44. The van der Waals surface area contributed by atoms with Gasteiger partial charge in [0.1, 0.15) is 5.75 Å². The molecule has 4 rings (SSSR count). The summed E-state index contributed by atoms with van der Waals surface area (Å²) in [5.41, 5.74) is 1.53. The molecule has 0 radical (unpaired) electrons. The molecule has 3 heterocycles. The molecule has 0 spiro atoms. The Labute approximate surface area is 155 Å². The van der Waals surface area contributed by atoms with Gasteiger partial charge in [0.15, 0.2) is 5.13 Å². The summed E-state index contributed by atoms with van der Waals surface area (Å²) in [6.07, 6.45) is 1.97. The molecule has 1 saturated heterocycles. The maximum Gasteiger partial charge on any atom is 0.230 e. The third-order valence-corrected chi connectivity index (χ3v) is 5.71. The van der Waals surface area contributed by atoms with Gasteiger partial charge in [0.05, 0.1) is 13.0 Å². The molecule has 26 heavy (non-hydrogen) atoms. The zero-order valence-electron chi connectivity index (χ0n) is 14.5. The van der Waals surface area contributed by atoms with Crippen LogP contribution in [-0.4, -0.2) is 55.0 Å². The molecule has 1 aromatic carbocycles. The number of fused-ring (bicyclic) bond motifs is 1. The van der Waals surface area contributed by atoms with Crippen molar-refractivity contribution < 1.29 is 14.3 Å². The molecular weight excluding hydrogens is 352 g/mol. The van der Waals surface area contributed by atoms with Crippen molar-refractivity contribution in [2.24, 2.45) is 0 Å². The van der Waals surface area contributed by atoms with Gasteiger partial charge in [-0.25, -0.2) is 4.98 Å². The molecule has 0 saturated carbocycles. The molecule has 1 fully saturated rings. The number of nitrogens with zero attached hydrogens (tertiary/aromatic N) is 3. The monoisotopic (exact) mass is 372 g/mol. The Bertz CT molecular complexity index is 816. The van der Waals surface area contributed by atoms with E-state index in [2.05, 4.69) is 15.2 Å². The van der Waals surface area contributed by atoms with Crippen LogP contribution in [0.15, 0.2) is 29.8 Å². The van der Waals surface area contributed by atoms with Crippen LogP contribution in [0.1, 0.15) is 17.9 Å². The Hall–Kier alpha value is -2.61. The molecule has 136 valence electrons. The van der Waals surface area contributed by atoms with Crippen molar-refractivity contribution in [2.75, 3.05) is 43.5 Å². The van der Waals surface area contributed by atoms with Crippen molar-refractivity contribution in [2.45, 2.75) is 12.3 Å². The van der Waals surface area contributed by atoms with Gasteiger partial charge in [-0.3, -0.25) is 9.59 Å². The molecule has 0 bridgehead atoms. The molecule has 8 heteroatoms. The first-order valence-electron chi connectivity index (χ1n) is 8.56. The van der Waals surface area contributed by atoms with Crippen molar-refractivity contribution in [3.63, 3.8) is 0 Å². The van der Waals surface area contributed by atoms with Gasteiger partial charge in [-0.1, -0.05) is 0 Å². The van der Waals surface area contributed by atoms with Gasteiger partial charge in [0.25, 0.3) is 0 Å². The molecule has 1 atom stereocenters. The molecule has 7 nitrogen and oxygen atoms in total. The molecular formula is C18H20N4O3S. The number of methoxy groups -OCH3 is 1. The van der Waals surface area contributed by atoms with E-state index >= 15 is 0 Å². The van der Waals surface area contributed by atoms with Crippen LogP contribution in [0, 0.1) is 0 Å². The van der Waals surface area contributed by atoms with Crippen molar-refractivity contribution >= 4 is 34.0 Å². The van der Waals surface area contributed by atoms with Crippen LogP contribution >= 0.6 is 11.3 Å². The average molecular weight is 372 g/mol. The quantitative estimate of drug-likeness (QED) is 0.891. The largest absolute Gasteiger partial charge is 0.497 e. The minimum Gasteiger partial charge on any atom is -0.497 e. The lowest BCUT2D eigenvalue weighted by atomic mass is 9.89. The Morgan fingerprint density at radius 3 is 2.81 bits per heavy atom. The number of ether oxygens (including phenoxy) is 1. The number of rotatable bonds is 3. The number of benzene rings is 1. The number of hydrogen-bond acceptors (Lipinski definition) is 6. The number of amides is 2. The summed E-state index contributed by atoms with van der Waals surface area (Å²) in [5, 5.41) is 5.79. The summed E-state index contributed by atoms with van der Waals surface area (Å²) in [7, 11) is 1.60. The smallest absolute Gasteiger partial charge is 0.230 e. The van der Waals surface area contributed by atoms with Crippen molar-refractivity contribution in [3.8, 4) is 5.75 Å². The Morgan fingerprint density at radius 1 is 1.31 bits per heavy atom. The minimum atomic E-state index is -0.458. The number of anilines is 2. The maximum absolute atomic E-state index is 13.1. The maximum atomic E-state index is 13.1. The topological polar surface area (TPSA) is 74.8 Å². The lowest BCUT2D eigenvalue weighted by Crippen LogP contribution is -2.50. The fourth-order valence-corrected chi connectivity index (χ4v) is 4.19. The van der Waals surface area contributed by atoms with Gasteiger partial charge < -0.3 is 19.9 Å². The fraction of sp³-hybridized carbons (Fsp3) is 0.389. The molecule has 0 aliphatic carbocycles. The van der Waals surface area contributed by atoms with Gasteiger partial charge in [0.2, 0.25) is 11.8 Å². The highest BCUT2D eigenvalue weighted by molar-refractivity contribution is 7.13. The number of thiazole rings is 1. The highest BCUT2D eigenvalue weighted by Crippen LogP contribution is 2.36.